The minimum Gasteiger partial charge on any atom is -0.378 e. The average molecular weight is 383 g/mol. The van der Waals surface area contributed by atoms with Gasteiger partial charge in [-0.3, -0.25) is 0 Å². The van der Waals surface area contributed by atoms with Gasteiger partial charge in [0.2, 0.25) is 0 Å². The van der Waals surface area contributed by atoms with Gasteiger partial charge in [-0.05, 0) is 97.5 Å². The lowest BCUT2D eigenvalue weighted by Gasteiger charge is -2.36. The SMILES string of the molecule is CC(C)c1cccc(CC(C)C2CCOC(CC(C)C3CC4CCC3C4)C2)c1. The van der Waals surface area contributed by atoms with Gasteiger partial charge in [-0.2, -0.15) is 0 Å². The third-order valence-corrected chi connectivity index (χ3v) is 8.55. The smallest absolute Gasteiger partial charge is 0.0580 e. The summed E-state index contributed by atoms with van der Waals surface area (Å²) in [6.45, 7) is 10.6. The van der Waals surface area contributed by atoms with Crippen LogP contribution >= 0.6 is 0 Å². The Hall–Kier alpha value is -0.820. The van der Waals surface area contributed by atoms with E-state index in [9.17, 15) is 0 Å². The van der Waals surface area contributed by atoms with Crippen LogP contribution in [0.3, 0.4) is 0 Å². The Balaban J connectivity index is 1.30. The first-order valence-corrected chi connectivity index (χ1v) is 12.2. The molecule has 4 rings (SSSR count). The molecule has 0 N–H and O–H groups in total. The highest BCUT2D eigenvalue weighted by Gasteiger charge is 2.42. The predicted molar refractivity (Wildman–Crippen MR) is 119 cm³/mol. The van der Waals surface area contributed by atoms with Gasteiger partial charge >= 0.3 is 0 Å². The van der Waals surface area contributed by atoms with Crippen LogP contribution in [0, 0.1) is 35.5 Å². The zero-order chi connectivity index (χ0) is 19.7. The van der Waals surface area contributed by atoms with Crippen LogP contribution in [0.5, 0.6) is 0 Å². The molecule has 0 amide bonds. The molecule has 2 bridgehead atoms. The predicted octanol–water partition coefficient (Wildman–Crippen LogP) is 7.25. The van der Waals surface area contributed by atoms with Gasteiger partial charge in [0.15, 0.2) is 0 Å². The molecule has 2 saturated carbocycles. The van der Waals surface area contributed by atoms with Gasteiger partial charge in [0.05, 0.1) is 6.10 Å². The minimum atomic E-state index is 0.511. The lowest BCUT2D eigenvalue weighted by molar-refractivity contribution is -0.0370. The highest BCUT2D eigenvalue weighted by atomic mass is 16.5. The minimum absolute atomic E-state index is 0.511. The van der Waals surface area contributed by atoms with Crippen LogP contribution in [0.15, 0.2) is 24.3 Å². The molecular weight excluding hydrogens is 340 g/mol. The molecule has 3 aliphatic rings. The number of rotatable bonds is 7. The van der Waals surface area contributed by atoms with E-state index in [2.05, 4.69) is 52.0 Å². The van der Waals surface area contributed by atoms with E-state index in [0.29, 0.717) is 12.0 Å². The second kappa shape index (κ2) is 8.90. The van der Waals surface area contributed by atoms with Crippen molar-refractivity contribution in [3.8, 4) is 0 Å². The summed E-state index contributed by atoms with van der Waals surface area (Å²) in [6, 6.07) is 9.30. The van der Waals surface area contributed by atoms with Crippen molar-refractivity contribution in [2.24, 2.45) is 35.5 Å². The molecule has 1 heterocycles. The Morgan fingerprint density at radius 2 is 1.82 bits per heavy atom. The molecule has 1 aromatic carbocycles. The summed E-state index contributed by atoms with van der Waals surface area (Å²) in [4.78, 5) is 0. The van der Waals surface area contributed by atoms with E-state index in [1.54, 1.807) is 0 Å². The fourth-order valence-electron chi connectivity index (χ4n) is 6.79. The topological polar surface area (TPSA) is 9.23 Å². The fraction of sp³-hybridized carbons (Fsp3) is 0.778. The molecule has 156 valence electrons. The number of hydrogen-bond acceptors (Lipinski definition) is 1. The van der Waals surface area contributed by atoms with Gasteiger partial charge in [0, 0.05) is 6.61 Å². The van der Waals surface area contributed by atoms with Crippen LogP contribution < -0.4 is 0 Å². The van der Waals surface area contributed by atoms with Gasteiger partial charge in [-0.15, -0.1) is 0 Å². The maximum Gasteiger partial charge on any atom is 0.0580 e. The molecule has 1 aliphatic heterocycles. The van der Waals surface area contributed by atoms with Crippen molar-refractivity contribution in [2.45, 2.75) is 91.1 Å². The molecule has 7 atom stereocenters. The van der Waals surface area contributed by atoms with Gasteiger partial charge in [-0.25, -0.2) is 0 Å². The number of fused-ring (bicyclic) bond motifs is 2. The highest BCUT2D eigenvalue weighted by molar-refractivity contribution is 5.26. The number of benzene rings is 1. The molecule has 2 aliphatic carbocycles. The Kier molecular flexibility index (Phi) is 6.50. The molecule has 1 nitrogen and oxygen atoms in total. The average Bonchev–Trinajstić information content (AvgIpc) is 3.32. The summed E-state index contributed by atoms with van der Waals surface area (Å²) in [5.74, 6) is 6.18. The maximum atomic E-state index is 6.27. The fourth-order valence-corrected chi connectivity index (χ4v) is 6.79. The normalized spacial score (nSPS) is 34.7. The van der Waals surface area contributed by atoms with Crippen molar-refractivity contribution < 1.29 is 4.74 Å². The second-order valence-corrected chi connectivity index (χ2v) is 10.9. The van der Waals surface area contributed by atoms with E-state index in [0.717, 1.165) is 42.1 Å². The van der Waals surface area contributed by atoms with Crippen molar-refractivity contribution in [3.63, 3.8) is 0 Å². The second-order valence-electron chi connectivity index (χ2n) is 10.9. The molecule has 1 heteroatoms. The Morgan fingerprint density at radius 1 is 0.964 bits per heavy atom. The molecule has 7 unspecified atom stereocenters. The monoisotopic (exact) mass is 382 g/mol. The third kappa shape index (κ3) is 4.66. The van der Waals surface area contributed by atoms with Crippen LogP contribution in [0.2, 0.25) is 0 Å². The van der Waals surface area contributed by atoms with E-state index >= 15 is 0 Å². The summed E-state index contributed by atoms with van der Waals surface area (Å²) >= 11 is 0. The van der Waals surface area contributed by atoms with Crippen molar-refractivity contribution in [2.75, 3.05) is 6.61 Å². The van der Waals surface area contributed by atoms with E-state index in [4.69, 9.17) is 4.74 Å². The molecule has 0 aromatic heterocycles. The lowest BCUT2D eigenvalue weighted by Crippen LogP contribution is -2.32. The van der Waals surface area contributed by atoms with Crippen molar-refractivity contribution >= 4 is 0 Å². The Labute approximate surface area is 173 Å². The van der Waals surface area contributed by atoms with Gasteiger partial charge in [0.25, 0.3) is 0 Å². The van der Waals surface area contributed by atoms with Gasteiger partial charge in [-0.1, -0.05) is 58.4 Å². The molecule has 1 aromatic rings. The molecule has 0 radical (unpaired) electrons. The molecule has 1 saturated heterocycles. The summed E-state index contributed by atoms with van der Waals surface area (Å²) in [5, 5.41) is 0. The Morgan fingerprint density at radius 3 is 2.54 bits per heavy atom. The third-order valence-electron chi connectivity index (χ3n) is 8.55. The van der Waals surface area contributed by atoms with Crippen molar-refractivity contribution in [3.05, 3.63) is 35.4 Å². The van der Waals surface area contributed by atoms with E-state index in [-0.39, 0.29) is 0 Å². The first-order valence-electron chi connectivity index (χ1n) is 12.2. The molecular formula is C27H42O. The quantitative estimate of drug-likeness (QED) is 0.482. The van der Waals surface area contributed by atoms with Crippen LogP contribution in [0.4, 0.5) is 0 Å². The molecule has 3 fully saturated rings. The summed E-state index contributed by atoms with van der Waals surface area (Å²) in [6.07, 6.45) is 11.7. The number of hydrogen-bond donors (Lipinski definition) is 0. The maximum absolute atomic E-state index is 6.27. The van der Waals surface area contributed by atoms with E-state index in [1.165, 1.54) is 62.5 Å². The van der Waals surface area contributed by atoms with Crippen molar-refractivity contribution in [1.29, 1.82) is 0 Å². The zero-order valence-electron chi connectivity index (χ0n) is 18.7. The summed E-state index contributed by atoms with van der Waals surface area (Å²) < 4.78 is 6.27. The lowest BCUT2D eigenvalue weighted by atomic mass is 9.75. The first kappa shape index (κ1) is 20.5. The van der Waals surface area contributed by atoms with Crippen LogP contribution in [-0.4, -0.2) is 12.7 Å². The first-order chi connectivity index (χ1) is 13.5. The van der Waals surface area contributed by atoms with Crippen molar-refractivity contribution in [1.82, 2.24) is 0 Å². The standard InChI is InChI=1S/C27H42O/c1-18(2)23-7-5-6-21(14-23)12-19(3)24-10-11-28-26(17-24)13-20(4)27-16-22-8-9-25(27)15-22/h5-7,14,18-20,22,24-27H,8-13,15-17H2,1-4H3. The zero-order valence-corrected chi connectivity index (χ0v) is 18.7. The summed E-state index contributed by atoms with van der Waals surface area (Å²) in [5.41, 5.74) is 3.01. The van der Waals surface area contributed by atoms with Crippen LogP contribution in [0.25, 0.3) is 0 Å². The van der Waals surface area contributed by atoms with Gasteiger partial charge in [0.1, 0.15) is 0 Å². The summed E-state index contributed by atoms with van der Waals surface area (Å²) in [7, 11) is 0. The van der Waals surface area contributed by atoms with Crippen LogP contribution in [-0.2, 0) is 11.2 Å². The molecule has 0 spiro atoms. The molecule has 28 heavy (non-hydrogen) atoms. The van der Waals surface area contributed by atoms with Gasteiger partial charge < -0.3 is 4.74 Å². The largest absolute Gasteiger partial charge is 0.378 e. The highest BCUT2D eigenvalue weighted by Crippen LogP contribution is 2.52. The Bertz CT molecular complexity index is 635. The van der Waals surface area contributed by atoms with E-state index in [1.807, 2.05) is 0 Å². The number of ether oxygens (including phenoxy) is 1. The van der Waals surface area contributed by atoms with Crippen LogP contribution in [0.1, 0.15) is 89.7 Å². The van der Waals surface area contributed by atoms with E-state index < -0.39 is 0 Å².